The van der Waals surface area contributed by atoms with Crippen molar-refractivity contribution in [1.82, 2.24) is 9.78 Å². The first kappa shape index (κ1) is 15.6. The third-order valence-corrected chi connectivity index (χ3v) is 2.94. The van der Waals surface area contributed by atoms with Gasteiger partial charge in [-0.1, -0.05) is 0 Å². The predicted octanol–water partition coefficient (Wildman–Crippen LogP) is 2.14. The molecule has 1 atom stereocenters. The van der Waals surface area contributed by atoms with Crippen molar-refractivity contribution in [2.24, 2.45) is 0 Å². The van der Waals surface area contributed by atoms with Gasteiger partial charge in [0.25, 0.3) is 0 Å². The highest BCUT2D eigenvalue weighted by atomic mass is 79.9. The summed E-state index contributed by atoms with van der Waals surface area (Å²) < 4.78 is 13.1. The van der Waals surface area contributed by atoms with E-state index in [1.807, 2.05) is 20.8 Å². The number of rotatable bonds is 6. The summed E-state index contributed by atoms with van der Waals surface area (Å²) >= 11 is 3.39. The second-order valence-electron chi connectivity index (χ2n) is 5.03. The zero-order valence-electron chi connectivity index (χ0n) is 11.3. The van der Waals surface area contributed by atoms with E-state index in [9.17, 15) is 5.11 Å². The first-order valence-corrected chi connectivity index (χ1v) is 6.66. The van der Waals surface area contributed by atoms with Gasteiger partial charge in [-0.25, -0.2) is 0 Å². The number of nitrogens with zero attached hydrogens (tertiary/aromatic N) is 2. The molecule has 1 rings (SSSR count). The molecule has 1 heterocycles. The number of aromatic nitrogens is 2. The highest BCUT2D eigenvalue weighted by Crippen LogP contribution is 2.24. The maximum atomic E-state index is 10.2. The summed E-state index contributed by atoms with van der Waals surface area (Å²) in [5.74, 6) is 0. The third-order valence-electron chi connectivity index (χ3n) is 2.33. The van der Waals surface area contributed by atoms with E-state index in [2.05, 4.69) is 21.0 Å². The number of methoxy groups -OCH3 is 1. The molecule has 104 valence electrons. The molecule has 0 saturated heterocycles. The maximum Gasteiger partial charge on any atom is 0.120 e. The smallest absolute Gasteiger partial charge is 0.120 e. The van der Waals surface area contributed by atoms with E-state index in [0.717, 1.165) is 10.2 Å². The van der Waals surface area contributed by atoms with Gasteiger partial charge in [0.1, 0.15) is 6.10 Å². The van der Waals surface area contributed by atoms with E-state index >= 15 is 0 Å². The van der Waals surface area contributed by atoms with Crippen LogP contribution < -0.4 is 0 Å². The number of aliphatic hydroxyl groups excluding tert-OH is 1. The van der Waals surface area contributed by atoms with E-state index in [1.54, 1.807) is 18.0 Å². The Kier molecular flexibility index (Phi) is 5.78. The summed E-state index contributed by atoms with van der Waals surface area (Å²) in [6.07, 6.45) is 0.962. The van der Waals surface area contributed by atoms with Crippen LogP contribution in [-0.2, 0) is 16.0 Å². The molecule has 0 radical (unpaired) electrons. The molecular formula is C12H21BrN2O3. The summed E-state index contributed by atoms with van der Waals surface area (Å²) in [6, 6.07) is 0. The van der Waals surface area contributed by atoms with Crippen molar-refractivity contribution < 1.29 is 14.6 Å². The lowest BCUT2D eigenvalue weighted by Gasteiger charge is -2.22. The highest BCUT2D eigenvalue weighted by Gasteiger charge is 2.20. The summed E-state index contributed by atoms with van der Waals surface area (Å²) in [6.45, 7) is 7.25. The molecule has 0 spiro atoms. The van der Waals surface area contributed by atoms with Crippen molar-refractivity contribution in [1.29, 1.82) is 0 Å². The van der Waals surface area contributed by atoms with Gasteiger partial charge in [0, 0.05) is 7.11 Å². The molecule has 5 nitrogen and oxygen atoms in total. The van der Waals surface area contributed by atoms with Crippen LogP contribution in [0.2, 0.25) is 0 Å². The lowest BCUT2D eigenvalue weighted by atomic mass is 10.2. The molecule has 0 aliphatic carbocycles. The average molecular weight is 321 g/mol. The van der Waals surface area contributed by atoms with E-state index < -0.39 is 6.10 Å². The highest BCUT2D eigenvalue weighted by molar-refractivity contribution is 9.10. The Labute approximate surface area is 116 Å². The fourth-order valence-electron chi connectivity index (χ4n) is 1.47. The number of hydrogen-bond donors (Lipinski definition) is 1. The summed E-state index contributed by atoms with van der Waals surface area (Å²) in [7, 11) is 1.64. The number of aliphatic hydroxyl groups is 1. The molecule has 1 unspecified atom stereocenters. The molecule has 0 amide bonds. The first-order valence-electron chi connectivity index (χ1n) is 5.87. The Hall–Kier alpha value is -0.430. The lowest BCUT2D eigenvalue weighted by molar-refractivity contribution is -0.0521. The molecule has 0 bridgehead atoms. The molecule has 1 aromatic rings. The van der Waals surface area contributed by atoms with Crippen LogP contribution in [0.1, 0.15) is 32.6 Å². The molecule has 18 heavy (non-hydrogen) atoms. The first-order chi connectivity index (χ1) is 8.35. The van der Waals surface area contributed by atoms with Crippen LogP contribution in [0.15, 0.2) is 10.7 Å². The minimum absolute atomic E-state index is 0.237. The second kappa shape index (κ2) is 6.65. The predicted molar refractivity (Wildman–Crippen MR) is 72.5 cm³/mol. The van der Waals surface area contributed by atoms with Crippen LogP contribution in [0, 0.1) is 0 Å². The van der Waals surface area contributed by atoms with E-state index in [0.29, 0.717) is 13.2 Å². The molecular weight excluding hydrogens is 300 g/mol. The monoisotopic (exact) mass is 320 g/mol. The summed E-state index contributed by atoms with van der Waals surface area (Å²) in [4.78, 5) is 0. The summed E-state index contributed by atoms with van der Waals surface area (Å²) in [5, 5.41) is 14.4. The maximum absolute atomic E-state index is 10.2. The molecule has 0 aliphatic rings. The van der Waals surface area contributed by atoms with Crippen LogP contribution in [0.4, 0.5) is 0 Å². The van der Waals surface area contributed by atoms with Crippen LogP contribution in [0.3, 0.4) is 0 Å². The van der Waals surface area contributed by atoms with Gasteiger partial charge in [0.15, 0.2) is 0 Å². The zero-order valence-corrected chi connectivity index (χ0v) is 12.9. The summed E-state index contributed by atoms with van der Waals surface area (Å²) in [5.41, 5.74) is 0.446. The van der Waals surface area contributed by atoms with Crippen LogP contribution in [0.5, 0.6) is 0 Å². The topological polar surface area (TPSA) is 56.5 Å². The average Bonchev–Trinajstić information content (AvgIpc) is 2.64. The molecule has 0 saturated carbocycles. The van der Waals surface area contributed by atoms with Gasteiger partial charge in [0.2, 0.25) is 0 Å². The van der Waals surface area contributed by atoms with Crippen molar-refractivity contribution in [2.45, 2.75) is 39.0 Å². The van der Waals surface area contributed by atoms with Gasteiger partial charge in [0.05, 0.1) is 41.7 Å². The Balaban J connectivity index is 2.71. The molecule has 1 aromatic heterocycles. The van der Waals surface area contributed by atoms with Crippen molar-refractivity contribution in [3.8, 4) is 0 Å². The van der Waals surface area contributed by atoms with E-state index in [1.165, 1.54) is 0 Å². The fourth-order valence-corrected chi connectivity index (χ4v) is 2.03. The lowest BCUT2D eigenvalue weighted by Crippen LogP contribution is -2.24. The normalized spacial score (nSPS) is 13.9. The number of ether oxygens (including phenoxy) is 2. The molecule has 6 heteroatoms. The van der Waals surface area contributed by atoms with Crippen LogP contribution in [0.25, 0.3) is 0 Å². The largest absolute Gasteiger partial charge is 0.384 e. The molecule has 0 fully saturated rings. The van der Waals surface area contributed by atoms with Gasteiger partial charge >= 0.3 is 0 Å². The zero-order chi connectivity index (χ0) is 13.8. The van der Waals surface area contributed by atoms with Crippen molar-refractivity contribution >= 4 is 15.9 Å². The van der Waals surface area contributed by atoms with Gasteiger partial charge in [-0.05, 0) is 36.7 Å². The van der Waals surface area contributed by atoms with Crippen molar-refractivity contribution in [2.75, 3.05) is 20.3 Å². The Bertz CT molecular complexity index is 374. The quantitative estimate of drug-likeness (QED) is 0.872. The molecule has 0 aliphatic heterocycles. The Morgan fingerprint density at radius 3 is 2.72 bits per heavy atom. The van der Waals surface area contributed by atoms with E-state index in [-0.39, 0.29) is 12.2 Å². The SMILES string of the molecule is COCCn1ncc(Br)c1C(O)COC(C)(C)C. The number of halogens is 1. The van der Waals surface area contributed by atoms with Crippen molar-refractivity contribution in [3.05, 3.63) is 16.4 Å². The molecule has 1 N–H and O–H groups in total. The standard InChI is InChI=1S/C12H21BrN2O3/c1-12(2,3)18-8-10(16)11-9(13)7-14-15(11)5-6-17-4/h7,10,16H,5-6,8H2,1-4H3. The third kappa shape index (κ3) is 4.68. The van der Waals surface area contributed by atoms with Crippen LogP contribution >= 0.6 is 15.9 Å². The molecule has 0 aromatic carbocycles. The Morgan fingerprint density at radius 2 is 2.17 bits per heavy atom. The number of hydrogen-bond acceptors (Lipinski definition) is 4. The van der Waals surface area contributed by atoms with Gasteiger partial charge < -0.3 is 14.6 Å². The van der Waals surface area contributed by atoms with Crippen LogP contribution in [-0.4, -0.2) is 40.8 Å². The van der Waals surface area contributed by atoms with E-state index in [4.69, 9.17) is 9.47 Å². The van der Waals surface area contributed by atoms with Gasteiger partial charge in [-0.15, -0.1) is 0 Å². The Morgan fingerprint density at radius 1 is 1.50 bits per heavy atom. The minimum atomic E-state index is -0.710. The van der Waals surface area contributed by atoms with Gasteiger partial charge in [-0.2, -0.15) is 5.10 Å². The minimum Gasteiger partial charge on any atom is -0.384 e. The van der Waals surface area contributed by atoms with Crippen molar-refractivity contribution in [3.63, 3.8) is 0 Å². The fraction of sp³-hybridized carbons (Fsp3) is 0.750. The second-order valence-corrected chi connectivity index (χ2v) is 5.89. The van der Waals surface area contributed by atoms with Gasteiger partial charge in [-0.3, -0.25) is 4.68 Å².